The second-order valence-electron chi connectivity index (χ2n) is 8.56. The van der Waals surface area contributed by atoms with Gasteiger partial charge < -0.3 is 28.4 Å². The zero-order valence-corrected chi connectivity index (χ0v) is 22.6. The molecule has 5 atom stereocenters. The molecule has 0 aromatic heterocycles. The van der Waals surface area contributed by atoms with E-state index >= 15 is 0 Å². The van der Waals surface area contributed by atoms with Crippen LogP contribution in [0.15, 0.2) is 0 Å². The molecule has 14 heteroatoms. The molecule has 0 amide bonds. The first-order valence-corrected chi connectivity index (χ1v) is 11.8. The SMILES string of the molecule is COC(=O)[C@H]1O[C@@H](OC(=N)C(Cl)(Cl)Cl)[C@H](OC(=O)C(C)C)[C@@H](OC(=O)C(C)C)[C@@H]1OC(=O)C(C)C. The quantitative estimate of drug-likeness (QED) is 0.154. The van der Waals surface area contributed by atoms with Gasteiger partial charge in [0.15, 0.2) is 18.3 Å². The summed E-state index contributed by atoms with van der Waals surface area (Å²) in [4.78, 5) is 50.1. The van der Waals surface area contributed by atoms with Crippen LogP contribution >= 0.6 is 34.8 Å². The number of halogens is 3. The highest BCUT2D eigenvalue weighted by Crippen LogP contribution is 2.34. The maximum atomic E-state index is 12.6. The first kappa shape index (κ1) is 31.2. The second-order valence-corrected chi connectivity index (χ2v) is 10.8. The lowest BCUT2D eigenvalue weighted by Gasteiger charge is -2.44. The summed E-state index contributed by atoms with van der Waals surface area (Å²) in [7, 11) is 1.05. The van der Waals surface area contributed by atoms with Crippen molar-refractivity contribution in [3.63, 3.8) is 0 Å². The van der Waals surface area contributed by atoms with Crippen LogP contribution in [-0.2, 0) is 47.6 Å². The minimum absolute atomic E-state index is 0.641. The minimum atomic E-state index is -2.35. The smallest absolute Gasteiger partial charge is 0.339 e. The fourth-order valence-electron chi connectivity index (χ4n) is 2.59. The van der Waals surface area contributed by atoms with Crippen molar-refractivity contribution in [3.05, 3.63) is 0 Å². The molecule has 200 valence electrons. The second kappa shape index (κ2) is 12.9. The maximum absolute atomic E-state index is 12.6. The number of esters is 4. The number of carbonyl (C=O) groups is 4. The topological polar surface area (TPSA) is 148 Å². The van der Waals surface area contributed by atoms with Crippen LogP contribution in [0.3, 0.4) is 0 Å². The molecule has 0 radical (unpaired) electrons. The average Bonchev–Trinajstić information content (AvgIpc) is 2.75. The number of carbonyl (C=O) groups excluding carboxylic acids is 4. The molecule has 35 heavy (non-hydrogen) atoms. The van der Waals surface area contributed by atoms with Crippen molar-refractivity contribution in [2.24, 2.45) is 17.8 Å². The third-order valence-corrected chi connectivity index (χ3v) is 5.11. The van der Waals surface area contributed by atoms with Gasteiger partial charge in [-0.15, -0.1) is 0 Å². The summed E-state index contributed by atoms with van der Waals surface area (Å²) in [6.45, 7) is 9.23. The van der Waals surface area contributed by atoms with Crippen LogP contribution in [-0.4, -0.2) is 71.4 Å². The zero-order chi connectivity index (χ0) is 27.2. The lowest BCUT2D eigenvalue weighted by molar-refractivity contribution is -0.288. The number of hydrogen-bond donors (Lipinski definition) is 1. The maximum Gasteiger partial charge on any atom is 0.339 e. The third kappa shape index (κ3) is 8.66. The van der Waals surface area contributed by atoms with E-state index in [1.807, 2.05) is 0 Å². The van der Waals surface area contributed by atoms with Gasteiger partial charge in [0, 0.05) is 0 Å². The lowest BCUT2D eigenvalue weighted by atomic mass is 9.97. The fraction of sp³-hybridized carbons (Fsp3) is 0.762. The van der Waals surface area contributed by atoms with E-state index in [0.717, 1.165) is 7.11 Å². The van der Waals surface area contributed by atoms with Crippen molar-refractivity contribution in [1.29, 1.82) is 5.41 Å². The molecule has 0 aliphatic carbocycles. The number of nitrogens with one attached hydrogen (secondary N) is 1. The number of ether oxygens (including phenoxy) is 6. The van der Waals surface area contributed by atoms with Crippen LogP contribution in [0.1, 0.15) is 41.5 Å². The van der Waals surface area contributed by atoms with Crippen molar-refractivity contribution in [2.75, 3.05) is 7.11 Å². The van der Waals surface area contributed by atoms with Gasteiger partial charge in [0.25, 0.3) is 3.79 Å². The van der Waals surface area contributed by atoms with E-state index in [-0.39, 0.29) is 0 Å². The van der Waals surface area contributed by atoms with Gasteiger partial charge in [-0.05, 0) is 0 Å². The summed E-state index contributed by atoms with van der Waals surface area (Å²) in [6.07, 6.45) is -8.35. The normalized spacial score (nSPS) is 24.7. The fourth-order valence-corrected chi connectivity index (χ4v) is 2.73. The van der Waals surface area contributed by atoms with Crippen LogP contribution < -0.4 is 0 Å². The number of hydrogen-bond acceptors (Lipinski definition) is 11. The highest BCUT2D eigenvalue weighted by Gasteiger charge is 2.57. The van der Waals surface area contributed by atoms with Crippen molar-refractivity contribution in [1.82, 2.24) is 0 Å². The van der Waals surface area contributed by atoms with Crippen molar-refractivity contribution in [2.45, 2.75) is 76.0 Å². The number of methoxy groups -OCH3 is 1. The van der Waals surface area contributed by atoms with Crippen molar-refractivity contribution in [3.8, 4) is 0 Å². The Morgan fingerprint density at radius 1 is 0.743 bits per heavy atom. The van der Waals surface area contributed by atoms with Crippen LogP contribution in [0.4, 0.5) is 0 Å². The summed E-state index contributed by atoms with van der Waals surface area (Å²) in [5, 5.41) is 7.90. The molecule has 0 spiro atoms. The van der Waals surface area contributed by atoms with Gasteiger partial charge in [-0.25, -0.2) is 4.79 Å². The largest absolute Gasteiger partial charge is 0.467 e. The Balaban J connectivity index is 3.65. The van der Waals surface area contributed by atoms with E-state index in [2.05, 4.69) is 0 Å². The minimum Gasteiger partial charge on any atom is -0.467 e. The van der Waals surface area contributed by atoms with Gasteiger partial charge in [0.2, 0.25) is 18.3 Å². The van der Waals surface area contributed by atoms with Gasteiger partial charge in [-0.1, -0.05) is 76.3 Å². The molecule has 0 unspecified atom stereocenters. The monoisotopic (exact) mass is 561 g/mol. The van der Waals surface area contributed by atoms with E-state index in [4.69, 9.17) is 68.6 Å². The van der Waals surface area contributed by atoms with Gasteiger partial charge >= 0.3 is 23.9 Å². The summed E-state index contributed by atoms with van der Waals surface area (Å²) < 4.78 is 29.8. The van der Waals surface area contributed by atoms with Crippen molar-refractivity contribution < 1.29 is 47.6 Å². The Labute approximate surface area is 218 Å². The van der Waals surface area contributed by atoms with E-state index < -0.39 is 82.0 Å². The third-order valence-electron chi connectivity index (χ3n) is 4.59. The van der Waals surface area contributed by atoms with Crippen LogP contribution in [0, 0.1) is 23.2 Å². The van der Waals surface area contributed by atoms with Gasteiger partial charge in [-0.2, -0.15) is 0 Å². The summed E-state index contributed by atoms with van der Waals surface area (Å²) >= 11 is 17.1. The van der Waals surface area contributed by atoms with E-state index in [0.29, 0.717) is 0 Å². The first-order valence-electron chi connectivity index (χ1n) is 10.7. The molecule has 0 aromatic rings. The molecule has 0 saturated carbocycles. The molecule has 0 bridgehead atoms. The average molecular weight is 563 g/mol. The molecule has 0 aromatic carbocycles. The molecular weight excluding hydrogens is 533 g/mol. The Morgan fingerprint density at radius 3 is 1.51 bits per heavy atom. The molecule has 1 aliphatic heterocycles. The molecule has 1 fully saturated rings. The summed E-state index contributed by atoms with van der Waals surface area (Å²) in [6, 6.07) is 0. The van der Waals surface area contributed by atoms with Gasteiger partial charge in [0.1, 0.15) is 0 Å². The highest BCUT2D eigenvalue weighted by atomic mass is 35.6. The Kier molecular flexibility index (Phi) is 11.5. The molecular formula is C21H30Cl3NO10. The lowest BCUT2D eigenvalue weighted by Crippen LogP contribution is -2.64. The Hall–Kier alpha value is -1.82. The predicted molar refractivity (Wildman–Crippen MR) is 124 cm³/mol. The predicted octanol–water partition coefficient (Wildman–Crippen LogP) is 2.95. The standard InChI is InChI=1S/C21H30Cl3NO10/c1-8(2)15(26)31-11-12(32-16(27)9(3)4)14(33-17(28)10(5)6)19(34-13(11)18(29)30-7)35-20(25)21(22,23)24/h8-14,19,25H,1-7H3/t11-,12-,13-,14+,19-/m0/s1. The van der Waals surface area contributed by atoms with Gasteiger partial charge in [0.05, 0.1) is 24.9 Å². The van der Waals surface area contributed by atoms with Crippen molar-refractivity contribution >= 4 is 64.6 Å². The van der Waals surface area contributed by atoms with E-state index in [1.165, 1.54) is 27.7 Å². The van der Waals surface area contributed by atoms with E-state index in [1.54, 1.807) is 13.8 Å². The van der Waals surface area contributed by atoms with Crippen LogP contribution in [0.2, 0.25) is 0 Å². The Bertz CT molecular complexity index is 812. The number of rotatable bonds is 8. The molecule has 1 N–H and O–H groups in total. The summed E-state index contributed by atoms with van der Waals surface area (Å²) in [5.41, 5.74) is 0. The van der Waals surface area contributed by atoms with Crippen LogP contribution in [0.5, 0.6) is 0 Å². The molecule has 11 nitrogen and oxygen atoms in total. The first-order chi connectivity index (χ1) is 16.0. The summed E-state index contributed by atoms with van der Waals surface area (Å²) in [5.74, 6) is -6.22. The zero-order valence-electron chi connectivity index (χ0n) is 20.3. The molecule has 1 heterocycles. The molecule has 1 rings (SSSR count). The van der Waals surface area contributed by atoms with Crippen LogP contribution in [0.25, 0.3) is 0 Å². The van der Waals surface area contributed by atoms with Gasteiger partial charge in [-0.3, -0.25) is 19.8 Å². The van der Waals surface area contributed by atoms with E-state index in [9.17, 15) is 19.2 Å². The molecule has 1 saturated heterocycles. The highest BCUT2D eigenvalue weighted by molar-refractivity contribution is 6.76. The Morgan fingerprint density at radius 2 is 1.14 bits per heavy atom. The number of alkyl halides is 3. The molecule has 1 aliphatic rings.